The molecule has 6 rings (SSSR count). The molecule has 1 fully saturated rings. The van der Waals surface area contributed by atoms with Crippen LogP contribution in [-0.2, 0) is 19.4 Å². The molecule has 10 nitrogen and oxygen atoms in total. The predicted octanol–water partition coefficient (Wildman–Crippen LogP) is 6.81. The van der Waals surface area contributed by atoms with Gasteiger partial charge in [0.2, 0.25) is 11.8 Å². The van der Waals surface area contributed by atoms with Gasteiger partial charge in [-0.3, -0.25) is 19.3 Å². The Balaban J connectivity index is 1.22. The van der Waals surface area contributed by atoms with Crippen molar-refractivity contribution >= 4 is 56.5 Å². The van der Waals surface area contributed by atoms with Gasteiger partial charge in [0.1, 0.15) is 17.6 Å². The number of nitrogens with zero attached hydrogens (tertiary/aromatic N) is 2. The molecule has 1 unspecified atom stereocenters. The number of furan rings is 1. The van der Waals surface area contributed by atoms with Gasteiger partial charge in [-0.25, -0.2) is 8.42 Å². The molecule has 0 radical (unpaired) electrons. The van der Waals surface area contributed by atoms with E-state index < -0.39 is 21.8 Å². The van der Waals surface area contributed by atoms with Crippen LogP contribution in [0.15, 0.2) is 125 Å². The summed E-state index contributed by atoms with van der Waals surface area (Å²) in [7, 11) is -1.27. The summed E-state index contributed by atoms with van der Waals surface area (Å²) in [5, 5.41) is 6.38. The molecule has 52 heavy (non-hydrogen) atoms. The van der Waals surface area contributed by atoms with E-state index in [1.165, 1.54) is 24.3 Å². The second kappa shape index (κ2) is 15.9. The molecule has 2 N–H and O–H groups in total. The van der Waals surface area contributed by atoms with E-state index in [2.05, 4.69) is 20.4 Å². The van der Waals surface area contributed by atoms with Gasteiger partial charge in [-0.05, 0) is 85.4 Å². The third-order valence-electron chi connectivity index (χ3n) is 8.76. The highest BCUT2D eigenvalue weighted by molar-refractivity contribution is 7.90. The van der Waals surface area contributed by atoms with Crippen LogP contribution in [0.1, 0.15) is 33.3 Å². The number of nitrogens with one attached hydrogen (secondary N) is 2. The number of piperazine rings is 1. The Kier molecular flexibility index (Phi) is 11.2. The van der Waals surface area contributed by atoms with E-state index >= 15 is 0 Å². The fourth-order valence-electron chi connectivity index (χ4n) is 5.92. The first kappa shape index (κ1) is 36.5. The molecule has 5 aromatic rings. The zero-order valence-electron chi connectivity index (χ0n) is 28.6. The maximum absolute atomic E-state index is 14.1. The van der Waals surface area contributed by atoms with Crippen molar-refractivity contribution in [3.8, 4) is 11.3 Å². The Morgan fingerprint density at radius 1 is 0.827 bits per heavy atom. The number of ketones is 1. The van der Waals surface area contributed by atoms with Crippen LogP contribution in [0, 0.1) is 0 Å². The summed E-state index contributed by atoms with van der Waals surface area (Å²) in [4.78, 5) is 45.5. The smallest absolute Gasteiger partial charge is 0.248 e. The number of carbonyl (C=O) groups is 3. The van der Waals surface area contributed by atoms with E-state index in [1.54, 1.807) is 78.9 Å². The second-order valence-corrected chi connectivity index (χ2v) is 15.0. The van der Waals surface area contributed by atoms with Crippen LogP contribution in [-0.4, -0.2) is 75.3 Å². The Morgan fingerprint density at radius 2 is 1.52 bits per heavy atom. The third kappa shape index (κ3) is 8.93. The fraction of sp³-hybridized carbons (Fsp3) is 0.175. The third-order valence-corrected chi connectivity index (χ3v) is 10.1. The van der Waals surface area contributed by atoms with E-state index in [9.17, 15) is 22.8 Å². The van der Waals surface area contributed by atoms with Crippen molar-refractivity contribution in [3.63, 3.8) is 0 Å². The number of likely N-dealkylation sites (N-methyl/N-ethyl adjacent to an activating group) is 1. The predicted molar refractivity (Wildman–Crippen MR) is 203 cm³/mol. The van der Waals surface area contributed by atoms with E-state index in [1.807, 2.05) is 25.2 Å². The fourth-order valence-corrected chi connectivity index (χ4v) is 6.68. The summed E-state index contributed by atoms with van der Waals surface area (Å²) in [6.07, 6.45) is 3.95. The van der Waals surface area contributed by atoms with Gasteiger partial charge in [-0.15, -0.1) is 0 Å². The molecule has 1 atom stereocenters. The lowest BCUT2D eigenvalue weighted by atomic mass is 9.99. The molecule has 0 spiro atoms. The monoisotopic (exact) mass is 736 g/mol. The van der Waals surface area contributed by atoms with Crippen molar-refractivity contribution in [1.29, 1.82) is 0 Å². The molecular formula is C40H37ClN4O6S. The van der Waals surface area contributed by atoms with Crippen LogP contribution in [0.3, 0.4) is 0 Å². The number of anilines is 2. The highest BCUT2D eigenvalue weighted by Crippen LogP contribution is 2.29. The van der Waals surface area contributed by atoms with Gasteiger partial charge in [-0.1, -0.05) is 54.1 Å². The largest absolute Gasteiger partial charge is 0.457 e. The number of hydrogen-bond donors (Lipinski definition) is 2. The van der Waals surface area contributed by atoms with Gasteiger partial charge < -0.3 is 20.0 Å². The van der Waals surface area contributed by atoms with Gasteiger partial charge >= 0.3 is 0 Å². The minimum absolute atomic E-state index is 0.205. The molecule has 12 heteroatoms. The highest BCUT2D eigenvalue weighted by atomic mass is 35.5. The van der Waals surface area contributed by atoms with Crippen LogP contribution in [0.2, 0.25) is 5.02 Å². The first-order chi connectivity index (χ1) is 24.9. The number of carbonyl (C=O) groups excluding carboxylic acids is 3. The number of amides is 2. The summed E-state index contributed by atoms with van der Waals surface area (Å²) in [6, 6.07) is 29.8. The Bertz CT molecular complexity index is 2210. The van der Waals surface area contributed by atoms with Crippen LogP contribution in [0.4, 0.5) is 11.4 Å². The van der Waals surface area contributed by atoms with Crippen molar-refractivity contribution in [2.45, 2.75) is 10.9 Å². The number of halogens is 1. The first-order valence-electron chi connectivity index (χ1n) is 16.6. The van der Waals surface area contributed by atoms with Crippen LogP contribution in [0.25, 0.3) is 17.4 Å². The molecule has 1 aromatic heterocycles. The van der Waals surface area contributed by atoms with E-state index in [4.69, 9.17) is 16.0 Å². The minimum atomic E-state index is -3.32. The molecule has 0 aliphatic carbocycles. The molecule has 266 valence electrons. The first-order valence-corrected chi connectivity index (χ1v) is 18.8. The Morgan fingerprint density at radius 3 is 2.19 bits per heavy atom. The number of hydrogen-bond acceptors (Lipinski definition) is 8. The zero-order valence-corrected chi connectivity index (χ0v) is 30.2. The van der Waals surface area contributed by atoms with Gasteiger partial charge in [0, 0.05) is 65.9 Å². The maximum Gasteiger partial charge on any atom is 0.248 e. The molecule has 0 saturated carbocycles. The summed E-state index contributed by atoms with van der Waals surface area (Å²) in [5.74, 6) is -0.169. The van der Waals surface area contributed by atoms with Crippen LogP contribution < -0.4 is 10.6 Å². The van der Waals surface area contributed by atoms with E-state index in [0.717, 1.165) is 24.9 Å². The number of rotatable bonds is 11. The Hall–Kier alpha value is -5.33. The van der Waals surface area contributed by atoms with Crippen molar-refractivity contribution in [1.82, 2.24) is 9.80 Å². The summed E-state index contributed by atoms with van der Waals surface area (Å²) in [6.45, 7) is 2.98. The van der Waals surface area contributed by atoms with Gasteiger partial charge in [0.25, 0.3) is 0 Å². The van der Waals surface area contributed by atoms with Crippen LogP contribution >= 0.6 is 11.6 Å². The summed E-state index contributed by atoms with van der Waals surface area (Å²) >= 11 is 6.17. The topological polar surface area (TPSA) is 129 Å². The van der Waals surface area contributed by atoms with Crippen molar-refractivity contribution < 1.29 is 27.2 Å². The summed E-state index contributed by atoms with van der Waals surface area (Å²) < 4.78 is 29.4. The molecule has 1 aliphatic heterocycles. The van der Waals surface area contributed by atoms with Gasteiger partial charge in [0.05, 0.1) is 10.6 Å². The molecular weight excluding hydrogens is 700 g/mol. The van der Waals surface area contributed by atoms with Crippen molar-refractivity contribution in [2.24, 2.45) is 0 Å². The van der Waals surface area contributed by atoms with E-state index in [0.29, 0.717) is 52.1 Å². The minimum Gasteiger partial charge on any atom is -0.457 e. The molecule has 0 bridgehead atoms. The SMILES string of the molecule is CN1CCN(C(C(=O)Nc2ccc(NC(=O)/C=C/c3ccc(-c4ccc(S(C)(=O)=O)cc4)o3)cc2C(=O)c2ccccc2)c2ccc(Cl)cc2)CC1. The second-order valence-electron chi connectivity index (χ2n) is 12.6. The van der Waals surface area contributed by atoms with Gasteiger partial charge in [0.15, 0.2) is 15.6 Å². The normalized spacial score (nSPS) is 14.6. The molecule has 1 saturated heterocycles. The number of sulfone groups is 1. The lowest BCUT2D eigenvalue weighted by Gasteiger charge is -2.37. The lowest BCUT2D eigenvalue weighted by molar-refractivity contribution is -0.122. The summed E-state index contributed by atoms with van der Waals surface area (Å²) in [5.41, 5.74) is 2.77. The van der Waals surface area contributed by atoms with Crippen molar-refractivity contribution in [3.05, 3.63) is 143 Å². The standard InChI is InChI=1S/C40H37ClN4O6S/c1-44-22-24-45(25-23-44)38(28-8-12-30(41)13-9-28)40(48)43-35-19-14-31(26-34(35)39(47)29-6-4-3-5-7-29)42-37(46)21-16-32-15-20-36(51-32)27-10-17-33(18-11-27)52(2,49)50/h3-21,26,38H,22-25H2,1-2H3,(H,42,46)(H,43,48)/b21-16+. The highest BCUT2D eigenvalue weighted by Gasteiger charge is 2.31. The quantitative estimate of drug-likeness (QED) is 0.112. The molecule has 2 heterocycles. The van der Waals surface area contributed by atoms with Crippen LogP contribution in [0.5, 0.6) is 0 Å². The zero-order chi connectivity index (χ0) is 36.8. The Labute approximate surface area is 307 Å². The average molecular weight is 737 g/mol. The molecule has 2 amide bonds. The average Bonchev–Trinajstić information content (AvgIpc) is 3.62. The maximum atomic E-state index is 14.1. The lowest BCUT2D eigenvalue weighted by Crippen LogP contribution is -2.48. The van der Waals surface area contributed by atoms with Crippen molar-refractivity contribution in [2.75, 3.05) is 50.1 Å². The van der Waals surface area contributed by atoms with Gasteiger partial charge in [-0.2, -0.15) is 0 Å². The molecule has 1 aliphatic rings. The van der Waals surface area contributed by atoms with E-state index in [-0.39, 0.29) is 22.1 Å². The number of benzene rings is 4. The molecule has 4 aromatic carbocycles.